The maximum absolute atomic E-state index is 5.54. The van der Waals surface area contributed by atoms with Gasteiger partial charge in [-0.05, 0) is 17.2 Å². The van der Waals surface area contributed by atoms with Crippen molar-refractivity contribution in [2.24, 2.45) is 0 Å². The van der Waals surface area contributed by atoms with Gasteiger partial charge in [-0.15, -0.1) is 0 Å². The van der Waals surface area contributed by atoms with Crippen molar-refractivity contribution in [1.29, 1.82) is 0 Å². The second-order valence-corrected chi connectivity index (χ2v) is 4.62. The Morgan fingerprint density at radius 3 is 2.10 bits per heavy atom. The molecule has 0 aliphatic rings. The number of halogens is 1. The SMILES string of the molecule is C=C/C=C(\C(=C\c1ccccc1)OI)c1ccccc1. The van der Waals surface area contributed by atoms with Gasteiger partial charge in [0.15, 0.2) is 23.0 Å². The van der Waals surface area contributed by atoms with E-state index in [0.717, 1.165) is 22.5 Å². The fraction of sp³-hybridized carbons (Fsp3) is 0. The first-order chi connectivity index (χ1) is 9.85. The molecule has 0 aromatic heterocycles. The maximum Gasteiger partial charge on any atom is 0.192 e. The summed E-state index contributed by atoms with van der Waals surface area (Å²) in [5, 5.41) is 0. The molecular formula is C18H15IO. The highest BCUT2D eigenvalue weighted by atomic mass is 127. The highest BCUT2D eigenvalue weighted by Gasteiger charge is 2.08. The Morgan fingerprint density at radius 1 is 0.950 bits per heavy atom. The van der Waals surface area contributed by atoms with Crippen molar-refractivity contribution in [3.8, 4) is 0 Å². The lowest BCUT2D eigenvalue weighted by molar-refractivity contribution is 0.600. The molecule has 2 aromatic rings. The minimum Gasteiger partial charge on any atom is -0.427 e. The molecule has 0 saturated carbocycles. The van der Waals surface area contributed by atoms with Crippen LogP contribution in [0.15, 0.2) is 85.2 Å². The Labute approximate surface area is 134 Å². The van der Waals surface area contributed by atoms with Gasteiger partial charge in [-0.25, -0.2) is 0 Å². The Balaban J connectivity index is 2.44. The fourth-order valence-corrected chi connectivity index (χ4v) is 2.26. The number of hydrogen-bond acceptors (Lipinski definition) is 1. The molecule has 0 unspecified atom stereocenters. The van der Waals surface area contributed by atoms with Crippen LogP contribution in [0.5, 0.6) is 0 Å². The van der Waals surface area contributed by atoms with E-state index in [1.165, 1.54) is 0 Å². The van der Waals surface area contributed by atoms with E-state index in [1.54, 1.807) is 6.08 Å². The van der Waals surface area contributed by atoms with E-state index >= 15 is 0 Å². The zero-order valence-corrected chi connectivity index (χ0v) is 13.2. The molecule has 2 aromatic carbocycles. The smallest absolute Gasteiger partial charge is 0.192 e. The van der Waals surface area contributed by atoms with E-state index in [9.17, 15) is 0 Å². The standard InChI is InChI=1S/C18H15IO/c1-2-9-17(16-12-7-4-8-13-16)18(20-19)14-15-10-5-3-6-11-15/h2-14H,1H2/b17-9-,18-14-. The van der Waals surface area contributed by atoms with E-state index in [4.69, 9.17) is 3.07 Å². The van der Waals surface area contributed by atoms with Gasteiger partial charge in [0.2, 0.25) is 0 Å². The lowest BCUT2D eigenvalue weighted by Gasteiger charge is -2.10. The van der Waals surface area contributed by atoms with Gasteiger partial charge in [0.1, 0.15) is 5.76 Å². The molecule has 0 amide bonds. The van der Waals surface area contributed by atoms with Gasteiger partial charge in [0.05, 0.1) is 0 Å². The first-order valence-corrected chi connectivity index (χ1v) is 7.17. The topological polar surface area (TPSA) is 9.23 Å². The quantitative estimate of drug-likeness (QED) is 0.373. The van der Waals surface area contributed by atoms with Crippen molar-refractivity contribution in [1.82, 2.24) is 0 Å². The van der Waals surface area contributed by atoms with Crippen molar-refractivity contribution in [3.05, 3.63) is 96.3 Å². The third-order valence-corrected chi connectivity index (χ3v) is 3.29. The molecule has 1 nitrogen and oxygen atoms in total. The van der Waals surface area contributed by atoms with Crippen molar-refractivity contribution in [2.75, 3.05) is 0 Å². The lowest BCUT2D eigenvalue weighted by Crippen LogP contribution is -1.90. The second-order valence-electron chi connectivity index (χ2n) is 4.18. The van der Waals surface area contributed by atoms with E-state index in [-0.39, 0.29) is 0 Å². The van der Waals surface area contributed by atoms with Gasteiger partial charge in [-0.1, -0.05) is 79.4 Å². The largest absolute Gasteiger partial charge is 0.427 e. The Morgan fingerprint density at radius 2 is 1.55 bits per heavy atom. The number of allylic oxidation sites excluding steroid dienone is 3. The van der Waals surface area contributed by atoms with Gasteiger partial charge in [0.25, 0.3) is 0 Å². The molecular weight excluding hydrogens is 359 g/mol. The van der Waals surface area contributed by atoms with Gasteiger partial charge >= 0.3 is 0 Å². The fourth-order valence-electron chi connectivity index (χ4n) is 1.90. The highest BCUT2D eigenvalue weighted by Crippen LogP contribution is 2.27. The monoisotopic (exact) mass is 374 g/mol. The summed E-state index contributed by atoms with van der Waals surface area (Å²) < 4.78 is 5.54. The lowest BCUT2D eigenvalue weighted by atomic mass is 10.0. The zero-order chi connectivity index (χ0) is 14.2. The molecule has 2 heteroatoms. The molecule has 0 aliphatic heterocycles. The van der Waals surface area contributed by atoms with Crippen LogP contribution in [0.25, 0.3) is 11.6 Å². The second kappa shape index (κ2) is 7.70. The summed E-state index contributed by atoms with van der Waals surface area (Å²) >= 11 is 1.91. The van der Waals surface area contributed by atoms with E-state index < -0.39 is 0 Å². The van der Waals surface area contributed by atoms with Gasteiger partial charge in [-0.3, -0.25) is 0 Å². The number of rotatable bonds is 5. The van der Waals surface area contributed by atoms with Crippen molar-refractivity contribution >= 4 is 34.7 Å². The first kappa shape index (κ1) is 14.6. The summed E-state index contributed by atoms with van der Waals surface area (Å²) in [5.41, 5.74) is 3.22. The molecule has 0 atom stereocenters. The molecule has 0 fully saturated rings. The average molecular weight is 374 g/mol. The van der Waals surface area contributed by atoms with Crippen LogP contribution in [-0.2, 0) is 3.07 Å². The highest BCUT2D eigenvalue weighted by molar-refractivity contribution is 14.1. The van der Waals surface area contributed by atoms with Gasteiger partial charge < -0.3 is 3.07 Å². The summed E-state index contributed by atoms with van der Waals surface area (Å²) in [7, 11) is 0. The normalized spacial score (nSPS) is 12.1. The summed E-state index contributed by atoms with van der Waals surface area (Å²) in [6.07, 6.45) is 5.76. The van der Waals surface area contributed by atoms with Crippen LogP contribution in [0.3, 0.4) is 0 Å². The average Bonchev–Trinajstić information content (AvgIpc) is 2.52. The molecule has 0 saturated heterocycles. The number of hydrogen-bond donors (Lipinski definition) is 0. The van der Waals surface area contributed by atoms with Crippen LogP contribution in [-0.4, -0.2) is 0 Å². The summed E-state index contributed by atoms with van der Waals surface area (Å²) in [5.74, 6) is 0.808. The van der Waals surface area contributed by atoms with Crippen molar-refractivity contribution in [2.45, 2.75) is 0 Å². The minimum atomic E-state index is 0.808. The van der Waals surface area contributed by atoms with Crippen LogP contribution < -0.4 is 0 Å². The predicted molar refractivity (Wildman–Crippen MR) is 94.1 cm³/mol. The summed E-state index contributed by atoms with van der Waals surface area (Å²) in [6.45, 7) is 3.79. The van der Waals surface area contributed by atoms with E-state index in [2.05, 4.69) is 18.7 Å². The molecule has 0 N–H and O–H groups in total. The number of benzene rings is 2. The van der Waals surface area contributed by atoms with Crippen molar-refractivity contribution in [3.63, 3.8) is 0 Å². The molecule has 0 heterocycles. The first-order valence-electron chi connectivity index (χ1n) is 6.29. The third-order valence-electron chi connectivity index (χ3n) is 2.82. The van der Waals surface area contributed by atoms with Crippen LogP contribution in [0.1, 0.15) is 11.1 Å². The third kappa shape index (κ3) is 3.84. The van der Waals surface area contributed by atoms with E-state index in [1.807, 2.05) is 83.7 Å². The maximum atomic E-state index is 5.54. The Hall–Kier alpha value is -1.81. The molecule has 0 spiro atoms. The minimum absolute atomic E-state index is 0.808. The van der Waals surface area contributed by atoms with Crippen molar-refractivity contribution < 1.29 is 3.07 Å². The predicted octanol–water partition coefficient (Wildman–Crippen LogP) is 5.66. The van der Waals surface area contributed by atoms with Crippen LogP contribution in [0.4, 0.5) is 0 Å². The van der Waals surface area contributed by atoms with E-state index in [0.29, 0.717) is 0 Å². The van der Waals surface area contributed by atoms with Crippen LogP contribution >= 0.6 is 23.0 Å². The summed E-state index contributed by atoms with van der Waals surface area (Å²) in [4.78, 5) is 0. The Bertz CT molecular complexity index is 612. The van der Waals surface area contributed by atoms with Gasteiger partial charge in [-0.2, -0.15) is 0 Å². The van der Waals surface area contributed by atoms with Crippen LogP contribution in [0, 0.1) is 0 Å². The molecule has 0 bridgehead atoms. The molecule has 0 aliphatic carbocycles. The zero-order valence-electron chi connectivity index (χ0n) is 11.0. The van der Waals surface area contributed by atoms with Crippen LogP contribution in [0.2, 0.25) is 0 Å². The molecule has 100 valence electrons. The molecule has 2 rings (SSSR count). The molecule has 0 radical (unpaired) electrons. The Kier molecular flexibility index (Phi) is 5.62. The summed E-state index contributed by atoms with van der Waals surface area (Å²) in [6, 6.07) is 20.3. The molecule has 20 heavy (non-hydrogen) atoms. The van der Waals surface area contributed by atoms with Gasteiger partial charge in [0, 0.05) is 5.57 Å².